The summed E-state index contributed by atoms with van der Waals surface area (Å²) in [6.45, 7) is 0. The molecule has 3 aromatic rings. The summed E-state index contributed by atoms with van der Waals surface area (Å²) in [4.78, 5) is 41.4. The molecular weight excluding hydrogens is 378 g/mol. The molecule has 4 aliphatic rings. The quantitative estimate of drug-likeness (QED) is 0.623. The van der Waals surface area contributed by atoms with E-state index in [1.165, 1.54) is 0 Å². The Hall–Kier alpha value is -3.73. The van der Waals surface area contributed by atoms with Crippen molar-refractivity contribution < 1.29 is 19.5 Å². The van der Waals surface area contributed by atoms with E-state index >= 15 is 0 Å². The number of anilines is 1. The average molecular weight is 394 g/mol. The van der Waals surface area contributed by atoms with E-state index in [1.807, 2.05) is 24.3 Å². The van der Waals surface area contributed by atoms with Crippen LogP contribution in [0.4, 0.5) is 5.69 Å². The minimum atomic E-state index is -1.69. The zero-order valence-corrected chi connectivity index (χ0v) is 15.8. The summed E-state index contributed by atoms with van der Waals surface area (Å²) in [6, 6.07) is 23.2. The Balaban J connectivity index is 1.70. The Morgan fingerprint density at radius 3 is 1.87 bits per heavy atom. The maximum absolute atomic E-state index is 13.7. The molecular formula is C25H16NO4-. The van der Waals surface area contributed by atoms with Gasteiger partial charge >= 0.3 is 0 Å². The van der Waals surface area contributed by atoms with Crippen molar-refractivity contribution >= 4 is 23.5 Å². The lowest BCUT2D eigenvalue weighted by Crippen LogP contribution is -2.61. The number of rotatable bonds is 2. The maximum Gasteiger partial charge on any atom is 0.239 e. The summed E-state index contributed by atoms with van der Waals surface area (Å²) in [5, 5.41) is 12.9. The predicted molar refractivity (Wildman–Crippen MR) is 106 cm³/mol. The molecule has 2 amide bonds. The summed E-state index contributed by atoms with van der Waals surface area (Å²) in [6.07, 6.45) is 0. The number of carbonyl (C=O) groups excluding carboxylic acids is 3. The molecule has 0 N–H and O–H groups in total. The van der Waals surface area contributed by atoms with Gasteiger partial charge in [0.05, 0.1) is 28.9 Å². The first-order valence-corrected chi connectivity index (χ1v) is 9.91. The molecule has 146 valence electrons. The molecule has 0 unspecified atom stereocenters. The van der Waals surface area contributed by atoms with Gasteiger partial charge in [-0.2, -0.15) is 0 Å². The lowest BCUT2D eigenvalue weighted by atomic mass is 9.47. The first-order chi connectivity index (χ1) is 14.6. The van der Waals surface area contributed by atoms with Crippen LogP contribution < -0.4 is 10.0 Å². The Morgan fingerprint density at radius 2 is 1.30 bits per heavy atom. The fourth-order valence-electron chi connectivity index (χ4n) is 5.95. The molecule has 1 aliphatic heterocycles. The summed E-state index contributed by atoms with van der Waals surface area (Å²) in [5.41, 5.74) is 1.47. The van der Waals surface area contributed by atoms with Gasteiger partial charge in [0, 0.05) is 5.92 Å². The second-order valence-corrected chi connectivity index (χ2v) is 8.10. The van der Waals surface area contributed by atoms with E-state index in [9.17, 15) is 19.5 Å². The van der Waals surface area contributed by atoms with Gasteiger partial charge in [0.1, 0.15) is 0 Å². The normalized spacial score (nSPS) is 28.1. The van der Waals surface area contributed by atoms with Crippen molar-refractivity contribution in [3.63, 3.8) is 0 Å². The fraction of sp³-hybridized carbons (Fsp3) is 0.160. The molecule has 0 radical (unpaired) electrons. The Kier molecular flexibility index (Phi) is 3.24. The third kappa shape index (κ3) is 1.77. The van der Waals surface area contributed by atoms with E-state index in [4.69, 9.17) is 0 Å². The highest BCUT2D eigenvalue weighted by Crippen LogP contribution is 2.64. The number of hydrogen-bond donors (Lipinski definition) is 0. The molecule has 30 heavy (non-hydrogen) atoms. The van der Waals surface area contributed by atoms with Crippen LogP contribution >= 0.6 is 0 Å². The van der Waals surface area contributed by atoms with Gasteiger partial charge in [0.25, 0.3) is 0 Å². The fourth-order valence-corrected chi connectivity index (χ4v) is 5.95. The van der Waals surface area contributed by atoms with Gasteiger partial charge in [0.2, 0.25) is 11.8 Å². The van der Waals surface area contributed by atoms with Crippen molar-refractivity contribution in [3.05, 3.63) is 101 Å². The van der Waals surface area contributed by atoms with Gasteiger partial charge in [-0.1, -0.05) is 66.7 Å². The van der Waals surface area contributed by atoms with Gasteiger partial charge < -0.3 is 9.90 Å². The minimum absolute atomic E-state index is 0.351. The number of imide groups is 1. The van der Waals surface area contributed by atoms with Crippen molar-refractivity contribution in [2.24, 2.45) is 11.8 Å². The van der Waals surface area contributed by atoms with Crippen LogP contribution in [0.5, 0.6) is 0 Å². The number of carbonyl (C=O) groups is 3. The zero-order chi connectivity index (χ0) is 20.6. The number of hydrogen-bond acceptors (Lipinski definition) is 4. The van der Waals surface area contributed by atoms with Gasteiger partial charge in [-0.3, -0.25) is 9.59 Å². The second-order valence-electron chi connectivity index (χ2n) is 8.10. The number of aliphatic carboxylic acids is 1. The highest BCUT2D eigenvalue weighted by molar-refractivity contribution is 6.25. The monoisotopic (exact) mass is 394 g/mol. The number of benzene rings is 3. The van der Waals surface area contributed by atoms with Gasteiger partial charge in [-0.25, -0.2) is 4.90 Å². The number of carboxylic acids is 1. The lowest BCUT2D eigenvalue weighted by molar-refractivity contribution is -0.314. The van der Waals surface area contributed by atoms with E-state index in [-0.39, 0.29) is 11.8 Å². The first kappa shape index (κ1) is 17.2. The van der Waals surface area contributed by atoms with Gasteiger partial charge in [-0.05, 0) is 34.4 Å². The van der Waals surface area contributed by atoms with Crippen LogP contribution in [-0.2, 0) is 19.8 Å². The SMILES string of the molecule is O=C1[C@@H]2C3c4ccccc4C(C(=O)[O-])(c4ccccc43)[C@H]2C(=O)N1c1ccccc1. The van der Waals surface area contributed by atoms with Crippen molar-refractivity contribution in [2.75, 3.05) is 4.90 Å². The number of carboxylic acid groups (broad SMARTS) is 1. The highest BCUT2D eigenvalue weighted by Gasteiger charge is 2.68. The second kappa shape index (κ2) is 5.66. The third-order valence-electron chi connectivity index (χ3n) is 6.95. The molecule has 1 saturated heterocycles. The standard InChI is InChI=1S/C25H17NO4/c27-22-20-19-15-10-4-6-12-17(15)25(24(29)30,18-13-7-5-11-16(18)19)21(20)23(28)26(22)14-8-2-1-3-9-14/h1-13,19-21H,(H,29,30)/p-1/t19?,20-,21-,25?/m1/s1. The van der Waals surface area contributed by atoms with Crippen LogP contribution in [0.25, 0.3) is 0 Å². The molecule has 7 rings (SSSR count). The van der Waals surface area contributed by atoms with Crippen LogP contribution in [0.15, 0.2) is 78.9 Å². The van der Waals surface area contributed by atoms with Crippen LogP contribution in [0, 0.1) is 11.8 Å². The van der Waals surface area contributed by atoms with Crippen molar-refractivity contribution in [1.82, 2.24) is 0 Å². The van der Waals surface area contributed by atoms with E-state index < -0.39 is 29.1 Å². The highest BCUT2D eigenvalue weighted by atomic mass is 16.4. The molecule has 2 bridgehead atoms. The van der Waals surface area contributed by atoms with Crippen molar-refractivity contribution in [2.45, 2.75) is 11.3 Å². The molecule has 0 aromatic heterocycles. The zero-order valence-electron chi connectivity index (χ0n) is 15.8. The van der Waals surface area contributed by atoms with Crippen molar-refractivity contribution in [3.8, 4) is 0 Å². The smallest absolute Gasteiger partial charge is 0.239 e. The number of para-hydroxylation sites is 1. The minimum Gasteiger partial charge on any atom is -0.549 e. The molecule has 1 heterocycles. The molecule has 2 atom stereocenters. The Labute approximate surface area is 172 Å². The van der Waals surface area contributed by atoms with Crippen LogP contribution in [0.1, 0.15) is 28.2 Å². The maximum atomic E-state index is 13.7. The molecule has 0 spiro atoms. The molecule has 5 nitrogen and oxygen atoms in total. The molecule has 0 saturated carbocycles. The lowest BCUT2D eigenvalue weighted by Gasteiger charge is -2.54. The van der Waals surface area contributed by atoms with E-state index in [0.29, 0.717) is 16.8 Å². The van der Waals surface area contributed by atoms with E-state index in [2.05, 4.69) is 0 Å². The number of amides is 2. The van der Waals surface area contributed by atoms with Gasteiger partial charge in [0.15, 0.2) is 0 Å². The Morgan fingerprint density at radius 1 is 0.767 bits per heavy atom. The molecule has 3 aliphatic carbocycles. The predicted octanol–water partition coefficient (Wildman–Crippen LogP) is 1.99. The Bertz CT molecular complexity index is 1200. The molecule has 5 heteroatoms. The van der Waals surface area contributed by atoms with Crippen LogP contribution in [-0.4, -0.2) is 17.8 Å². The average Bonchev–Trinajstić information content (AvgIpc) is 3.05. The summed E-state index contributed by atoms with van der Waals surface area (Å²) in [7, 11) is 0. The topological polar surface area (TPSA) is 77.5 Å². The summed E-state index contributed by atoms with van der Waals surface area (Å²) >= 11 is 0. The number of nitrogens with zero attached hydrogens (tertiary/aromatic N) is 1. The first-order valence-electron chi connectivity index (χ1n) is 9.91. The summed E-state index contributed by atoms with van der Waals surface area (Å²) < 4.78 is 0. The molecule has 3 aromatic carbocycles. The third-order valence-corrected chi connectivity index (χ3v) is 6.95. The van der Waals surface area contributed by atoms with Gasteiger partial charge in [-0.15, -0.1) is 0 Å². The van der Waals surface area contributed by atoms with E-state index in [1.54, 1.807) is 54.6 Å². The molecule has 1 fully saturated rings. The summed E-state index contributed by atoms with van der Waals surface area (Å²) in [5.74, 6) is -4.35. The van der Waals surface area contributed by atoms with Crippen molar-refractivity contribution in [1.29, 1.82) is 0 Å². The van der Waals surface area contributed by atoms with E-state index in [0.717, 1.165) is 16.0 Å². The van der Waals surface area contributed by atoms with Crippen LogP contribution in [0.3, 0.4) is 0 Å². The van der Waals surface area contributed by atoms with Crippen LogP contribution in [0.2, 0.25) is 0 Å². The largest absolute Gasteiger partial charge is 0.549 e.